The summed E-state index contributed by atoms with van der Waals surface area (Å²) in [5, 5.41) is 0. The van der Waals surface area contributed by atoms with Gasteiger partial charge in [0.15, 0.2) is 0 Å². The maximum absolute atomic E-state index is 5.69. The van der Waals surface area contributed by atoms with Crippen LogP contribution < -0.4 is 57.3 Å². The Morgan fingerprint density at radius 2 is 0.762 bits per heavy atom. The summed E-state index contributed by atoms with van der Waals surface area (Å²) < 4.78 is 15.2. The Balaban J connectivity index is 4.91. The molecule has 0 saturated heterocycles. The fraction of sp³-hybridized carbons (Fsp3) is 1.00. The van der Waals surface area contributed by atoms with Gasteiger partial charge in [-0.05, 0) is 0 Å². The standard InChI is InChI=1S/C8H28N10O3/c9-1-5(2-19-6(10,11)12,3-20-7(13,14)15)4-21-8(16,17)18/h1-4,9-18H2. The van der Waals surface area contributed by atoms with Crippen LogP contribution in [-0.2, 0) is 14.2 Å². The lowest BCUT2D eigenvalue weighted by Gasteiger charge is -2.37. The predicted octanol–water partition coefficient (Wildman–Crippen LogP) is -6.56. The molecule has 0 fully saturated rings. The van der Waals surface area contributed by atoms with Gasteiger partial charge in [-0.3, -0.25) is 51.6 Å². The molecule has 20 N–H and O–H groups in total. The van der Waals surface area contributed by atoms with Gasteiger partial charge in [0.2, 0.25) is 17.9 Å². The summed E-state index contributed by atoms with van der Waals surface area (Å²) >= 11 is 0. The first kappa shape index (κ1) is 20.5. The van der Waals surface area contributed by atoms with Crippen molar-refractivity contribution in [1.82, 2.24) is 0 Å². The summed E-state index contributed by atoms with van der Waals surface area (Å²) in [5.41, 5.74) is 52.6. The lowest BCUT2D eigenvalue weighted by atomic mass is 9.91. The quantitative estimate of drug-likeness (QED) is 0.168. The van der Waals surface area contributed by atoms with Crippen LogP contribution in [0.25, 0.3) is 0 Å². The molecule has 13 heteroatoms. The highest BCUT2D eigenvalue weighted by Gasteiger charge is 2.36. The fourth-order valence-corrected chi connectivity index (χ4v) is 1.14. The van der Waals surface area contributed by atoms with Gasteiger partial charge in [-0.25, -0.2) is 0 Å². The molecule has 13 nitrogen and oxygen atoms in total. The molecule has 0 rings (SSSR count). The minimum absolute atomic E-state index is 0.0325. The highest BCUT2D eigenvalue weighted by molar-refractivity contribution is 4.82. The van der Waals surface area contributed by atoms with Crippen molar-refractivity contribution in [2.24, 2.45) is 62.8 Å². The first-order chi connectivity index (χ1) is 9.18. The van der Waals surface area contributed by atoms with Gasteiger partial charge in [0, 0.05) is 6.54 Å². The van der Waals surface area contributed by atoms with Crippen LogP contribution >= 0.6 is 0 Å². The van der Waals surface area contributed by atoms with E-state index < -0.39 is 23.3 Å². The molecule has 0 aliphatic heterocycles. The smallest absolute Gasteiger partial charge is 0.227 e. The summed E-state index contributed by atoms with van der Waals surface area (Å²) in [4.78, 5) is 0. The Morgan fingerprint density at radius 1 is 0.524 bits per heavy atom. The van der Waals surface area contributed by atoms with Gasteiger partial charge in [-0.15, -0.1) is 0 Å². The van der Waals surface area contributed by atoms with Crippen molar-refractivity contribution < 1.29 is 14.2 Å². The van der Waals surface area contributed by atoms with Gasteiger partial charge in [0.1, 0.15) is 0 Å². The van der Waals surface area contributed by atoms with Crippen molar-refractivity contribution >= 4 is 0 Å². The SMILES string of the molecule is NCC(COC(N)(N)N)(COC(N)(N)N)COC(N)(N)N. The molecule has 0 spiro atoms. The average Bonchev–Trinajstić information content (AvgIpc) is 2.25. The third-order valence-electron chi connectivity index (χ3n) is 2.32. The number of hydrogen-bond donors (Lipinski definition) is 10. The van der Waals surface area contributed by atoms with E-state index in [1.807, 2.05) is 0 Å². The van der Waals surface area contributed by atoms with Gasteiger partial charge in [0.25, 0.3) is 0 Å². The summed E-state index contributed by atoms with van der Waals surface area (Å²) in [6, 6.07) is 0. The lowest BCUT2D eigenvalue weighted by molar-refractivity contribution is -0.161. The topological polar surface area (TPSA) is 288 Å². The van der Waals surface area contributed by atoms with Crippen LogP contribution in [0.3, 0.4) is 0 Å². The Bertz CT molecular complexity index is 261. The van der Waals surface area contributed by atoms with Crippen LogP contribution in [0.2, 0.25) is 0 Å². The van der Waals surface area contributed by atoms with E-state index in [1.165, 1.54) is 0 Å². The molecule has 0 bridgehead atoms. The van der Waals surface area contributed by atoms with Crippen LogP contribution in [0.4, 0.5) is 0 Å². The monoisotopic (exact) mass is 312 g/mol. The predicted molar refractivity (Wildman–Crippen MR) is 75.2 cm³/mol. The Morgan fingerprint density at radius 3 is 0.905 bits per heavy atom. The van der Waals surface area contributed by atoms with Crippen LogP contribution in [0.15, 0.2) is 0 Å². The molecule has 0 aromatic heterocycles. The molecule has 0 saturated carbocycles. The highest BCUT2D eigenvalue weighted by Crippen LogP contribution is 2.20. The first-order valence-corrected chi connectivity index (χ1v) is 5.90. The molecular formula is C8H28N10O3. The average molecular weight is 312 g/mol. The summed E-state index contributed by atoms with van der Waals surface area (Å²) in [5.74, 6) is -5.68. The van der Waals surface area contributed by atoms with Crippen molar-refractivity contribution in [2.45, 2.75) is 17.9 Å². The number of nitrogens with two attached hydrogens (primary N) is 10. The van der Waals surface area contributed by atoms with Crippen LogP contribution in [0.5, 0.6) is 0 Å². The van der Waals surface area contributed by atoms with Crippen LogP contribution in [0.1, 0.15) is 0 Å². The highest BCUT2D eigenvalue weighted by atomic mass is 16.6. The van der Waals surface area contributed by atoms with Gasteiger partial charge >= 0.3 is 0 Å². The second-order valence-electron chi connectivity index (χ2n) is 5.13. The van der Waals surface area contributed by atoms with Gasteiger partial charge < -0.3 is 19.9 Å². The molecular weight excluding hydrogens is 284 g/mol. The normalized spacial score (nSPS) is 14.6. The minimum Gasteiger partial charge on any atom is -0.334 e. The van der Waals surface area contributed by atoms with Gasteiger partial charge in [0.05, 0.1) is 25.2 Å². The molecule has 0 amide bonds. The Kier molecular flexibility index (Phi) is 6.98. The third kappa shape index (κ3) is 10.8. The number of ether oxygens (including phenoxy) is 3. The van der Waals surface area contributed by atoms with Crippen molar-refractivity contribution in [1.29, 1.82) is 0 Å². The number of rotatable bonds is 10. The van der Waals surface area contributed by atoms with Crippen LogP contribution in [-0.4, -0.2) is 44.3 Å². The van der Waals surface area contributed by atoms with E-state index in [2.05, 4.69) is 0 Å². The lowest BCUT2D eigenvalue weighted by Crippen LogP contribution is -2.65. The molecule has 21 heavy (non-hydrogen) atoms. The second kappa shape index (κ2) is 7.16. The van der Waals surface area contributed by atoms with Crippen molar-refractivity contribution in [3.63, 3.8) is 0 Å². The molecule has 0 atom stereocenters. The maximum atomic E-state index is 5.69. The van der Waals surface area contributed by atoms with E-state index in [-0.39, 0.29) is 26.4 Å². The Labute approximate surface area is 122 Å². The van der Waals surface area contributed by atoms with E-state index in [0.717, 1.165) is 0 Å². The van der Waals surface area contributed by atoms with Gasteiger partial charge in [-0.1, -0.05) is 0 Å². The largest absolute Gasteiger partial charge is 0.334 e. The van der Waals surface area contributed by atoms with E-state index in [9.17, 15) is 0 Å². The first-order valence-electron chi connectivity index (χ1n) is 5.90. The maximum Gasteiger partial charge on any atom is 0.227 e. The van der Waals surface area contributed by atoms with E-state index in [4.69, 9.17) is 71.5 Å². The van der Waals surface area contributed by atoms with Gasteiger partial charge in [-0.2, -0.15) is 0 Å². The Hall–Kier alpha value is -0.520. The van der Waals surface area contributed by atoms with E-state index in [1.54, 1.807) is 0 Å². The molecule has 128 valence electrons. The molecule has 0 aliphatic rings. The third-order valence-corrected chi connectivity index (χ3v) is 2.32. The summed E-state index contributed by atoms with van der Waals surface area (Å²) in [7, 11) is 0. The molecule has 0 unspecified atom stereocenters. The van der Waals surface area contributed by atoms with Crippen molar-refractivity contribution in [3.8, 4) is 0 Å². The van der Waals surface area contributed by atoms with E-state index >= 15 is 0 Å². The zero-order valence-corrected chi connectivity index (χ0v) is 11.8. The zero-order valence-electron chi connectivity index (χ0n) is 11.8. The van der Waals surface area contributed by atoms with Crippen molar-refractivity contribution in [2.75, 3.05) is 26.4 Å². The fourth-order valence-electron chi connectivity index (χ4n) is 1.14. The molecule has 0 aromatic rings. The minimum atomic E-state index is -1.89. The van der Waals surface area contributed by atoms with E-state index in [0.29, 0.717) is 0 Å². The summed E-state index contributed by atoms with van der Waals surface area (Å²) in [6.45, 7) is -0.577. The van der Waals surface area contributed by atoms with Crippen molar-refractivity contribution in [3.05, 3.63) is 0 Å². The van der Waals surface area contributed by atoms with Crippen LogP contribution in [0, 0.1) is 5.41 Å². The molecule has 0 aromatic carbocycles. The second-order valence-corrected chi connectivity index (χ2v) is 5.13. The number of hydrogen-bond acceptors (Lipinski definition) is 13. The molecule has 0 heterocycles. The zero-order chi connectivity index (χ0) is 16.9. The molecule has 0 aliphatic carbocycles. The summed E-state index contributed by atoms with van der Waals surface area (Å²) in [6.07, 6.45) is 0. The molecule has 0 radical (unpaired) electrons.